The van der Waals surface area contributed by atoms with Gasteiger partial charge in [-0.25, -0.2) is 16.8 Å². The fourth-order valence-corrected chi connectivity index (χ4v) is 6.57. The zero-order valence-corrected chi connectivity index (χ0v) is 21.6. The molecule has 2 N–H and O–H groups in total. The van der Waals surface area contributed by atoms with Crippen LogP contribution in [0.4, 0.5) is 11.4 Å². The Morgan fingerprint density at radius 1 is 0.750 bits per heavy atom. The molecule has 0 aromatic heterocycles. The predicted octanol–water partition coefficient (Wildman–Crippen LogP) is 4.61. The molecule has 1 saturated heterocycles. The lowest BCUT2D eigenvalue weighted by Crippen LogP contribution is -2.31. The van der Waals surface area contributed by atoms with Crippen molar-refractivity contribution in [2.45, 2.75) is 42.4 Å². The van der Waals surface area contributed by atoms with Crippen molar-refractivity contribution in [2.24, 2.45) is 0 Å². The molecule has 1 heterocycles. The monoisotopic (exact) mass is 527 g/mol. The van der Waals surface area contributed by atoms with Crippen LogP contribution in [0, 0.1) is 6.92 Å². The molecule has 0 radical (unpaired) electrons. The number of amides is 1. The van der Waals surface area contributed by atoms with Gasteiger partial charge in [0.1, 0.15) is 0 Å². The van der Waals surface area contributed by atoms with Gasteiger partial charge in [0, 0.05) is 30.0 Å². The normalized spacial score (nSPS) is 15.1. The Hall–Kier alpha value is -3.21. The molecule has 3 aromatic rings. The first-order valence-electron chi connectivity index (χ1n) is 11.8. The zero-order valence-electron chi connectivity index (χ0n) is 20.0. The van der Waals surface area contributed by atoms with Crippen molar-refractivity contribution >= 4 is 37.3 Å². The molecule has 1 aliphatic heterocycles. The van der Waals surface area contributed by atoms with Gasteiger partial charge in [-0.1, -0.05) is 36.6 Å². The van der Waals surface area contributed by atoms with E-state index < -0.39 is 26.0 Å². The van der Waals surface area contributed by atoms with Crippen LogP contribution < -0.4 is 10.0 Å². The highest BCUT2D eigenvalue weighted by atomic mass is 32.2. The van der Waals surface area contributed by atoms with Crippen molar-refractivity contribution in [3.8, 4) is 0 Å². The second-order valence-electron chi connectivity index (χ2n) is 8.80. The summed E-state index contributed by atoms with van der Waals surface area (Å²) in [7, 11) is -7.38. The van der Waals surface area contributed by atoms with Crippen LogP contribution in [-0.2, 0) is 20.0 Å². The SMILES string of the molecule is Cc1ccc(S(=O)(=O)Nc2cccc(C(=O)Nc3ccc(S(=O)(=O)N4CCCCCC4)cc3)c2)cc1. The molecule has 0 atom stereocenters. The number of carbonyl (C=O) groups excluding carboxylic acids is 1. The van der Waals surface area contributed by atoms with Gasteiger partial charge in [-0.2, -0.15) is 4.31 Å². The summed E-state index contributed by atoms with van der Waals surface area (Å²) in [6.07, 6.45) is 3.78. The number of sulfonamides is 2. The van der Waals surface area contributed by atoms with Crippen molar-refractivity contribution in [1.82, 2.24) is 4.31 Å². The Bertz CT molecular complexity index is 1430. The highest BCUT2D eigenvalue weighted by Gasteiger charge is 2.25. The second-order valence-corrected chi connectivity index (χ2v) is 12.4. The van der Waals surface area contributed by atoms with Gasteiger partial charge in [-0.05, 0) is 74.4 Å². The molecule has 3 aromatic carbocycles. The largest absolute Gasteiger partial charge is 0.322 e. The summed E-state index contributed by atoms with van der Waals surface area (Å²) < 4.78 is 55.2. The Kier molecular flexibility index (Phi) is 7.77. The number of nitrogens with zero attached hydrogens (tertiary/aromatic N) is 1. The molecule has 0 unspecified atom stereocenters. The van der Waals surface area contributed by atoms with Crippen molar-refractivity contribution in [3.05, 3.63) is 83.9 Å². The van der Waals surface area contributed by atoms with Crippen molar-refractivity contribution in [2.75, 3.05) is 23.1 Å². The van der Waals surface area contributed by atoms with E-state index in [9.17, 15) is 21.6 Å². The van der Waals surface area contributed by atoms with Gasteiger partial charge in [0.15, 0.2) is 0 Å². The minimum absolute atomic E-state index is 0.123. The average Bonchev–Trinajstić information content (AvgIpc) is 3.15. The molecule has 190 valence electrons. The van der Waals surface area contributed by atoms with Gasteiger partial charge in [0.05, 0.1) is 9.79 Å². The number of anilines is 2. The number of hydrogen-bond acceptors (Lipinski definition) is 5. The van der Waals surface area contributed by atoms with E-state index in [4.69, 9.17) is 0 Å². The van der Waals surface area contributed by atoms with Gasteiger partial charge >= 0.3 is 0 Å². The lowest BCUT2D eigenvalue weighted by molar-refractivity contribution is 0.102. The van der Waals surface area contributed by atoms with E-state index in [0.717, 1.165) is 31.2 Å². The number of carbonyl (C=O) groups is 1. The molecule has 10 heteroatoms. The third-order valence-electron chi connectivity index (χ3n) is 6.02. The van der Waals surface area contributed by atoms with Crippen LogP contribution in [0.5, 0.6) is 0 Å². The van der Waals surface area contributed by atoms with E-state index in [2.05, 4.69) is 10.0 Å². The molecular formula is C26H29N3O5S2. The fraction of sp³-hybridized carbons (Fsp3) is 0.269. The molecule has 4 rings (SSSR count). The smallest absolute Gasteiger partial charge is 0.261 e. The van der Waals surface area contributed by atoms with Crippen molar-refractivity contribution in [3.63, 3.8) is 0 Å². The summed E-state index contributed by atoms with van der Waals surface area (Å²) in [6, 6.07) is 18.7. The summed E-state index contributed by atoms with van der Waals surface area (Å²) in [5.74, 6) is -0.450. The summed E-state index contributed by atoms with van der Waals surface area (Å²) in [4.78, 5) is 13.1. The number of nitrogens with one attached hydrogen (secondary N) is 2. The summed E-state index contributed by atoms with van der Waals surface area (Å²) >= 11 is 0. The van der Waals surface area contributed by atoms with Crippen LogP contribution in [0.2, 0.25) is 0 Å². The molecular weight excluding hydrogens is 498 g/mol. The lowest BCUT2D eigenvalue weighted by atomic mass is 10.2. The quantitative estimate of drug-likeness (QED) is 0.466. The van der Waals surface area contributed by atoms with E-state index in [1.807, 2.05) is 6.92 Å². The number of benzene rings is 3. The summed E-state index contributed by atoms with van der Waals surface area (Å²) in [5.41, 5.74) is 1.88. The maximum Gasteiger partial charge on any atom is 0.261 e. The Morgan fingerprint density at radius 3 is 2.00 bits per heavy atom. The maximum absolute atomic E-state index is 12.9. The number of aryl methyl sites for hydroxylation is 1. The molecule has 8 nitrogen and oxygen atoms in total. The van der Waals surface area contributed by atoms with Gasteiger partial charge in [-0.3, -0.25) is 9.52 Å². The predicted molar refractivity (Wildman–Crippen MR) is 140 cm³/mol. The van der Waals surface area contributed by atoms with Crippen LogP contribution in [0.1, 0.15) is 41.6 Å². The van der Waals surface area contributed by atoms with Gasteiger partial charge < -0.3 is 5.32 Å². The van der Waals surface area contributed by atoms with Gasteiger partial charge in [0.25, 0.3) is 15.9 Å². The zero-order chi connectivity index (χ0) is 25.8. The molecule has 1 amide bonds. The first-order chi connectivity index (χ1) is 17.1. The van der Waals surface area contributed by atoms with E-state index in [1.54, 1.807) is 42.5 Å². The Morgan fingerprint density at radius 2 is 1.36 bits per heavy atom. The molecule has 1 aliphatic rings. The highest BCUT2D eigenvalue weighted by molar-refractivity contribution is 7.92. The maximum atomic E-state index is 12.9. The fourth-order valence-electron chi connectivity index (χ4n) is 4.00. The molecule has 1 fully saturated rings. The first kappa shape index (κ1) is 25.9. The molecule has 0 spiro atoms. The first-order valence-corrected chi connectivity index (χ1v) is 14.7. The molecule has 0 aliphatic carbocycles. The van der Waals surface area contributed by atoms with Gasteiger partial charge in [0.2, 0.25) is 10.0 Å². The van der Waals surface area contributed by atoms with Crippen LogP contribution in [0.3, 0.4) is 0 Å². The van der Waals surface area contributed by atoms with E-state index >= 15 is 0 Å². The topological polar surface area (TPSA) is 113 Å². The lowest BCUT2D eigenvalue weighted by Gasteiger charge is -2.20. The van der Waals surface area contributed by atoms with Crippen LogP contribution in [0.25, 0.3) is 0 Å². The number of hydrogen-bond donors (Lipinski definition) is 2. The summed E-state index contributed by atoms with van der Waals surface area (Å²) in [6.45, 7) is 2.91. The Balaban J connectivity index is 1.44. The minimum Gasteiger partial charge on any atom is -0.322 e. The summed E-state index contributed by atoms with van der Waals surface area (Å²) in [5, 5.41) is 2.73. The molecule has 0 saturated carbocycles. The Labute approximate surface area is 212 Å². The van der Waals surface area contributed by atoms with Crippen LogP contribution in [0.15, 0.2) is 82.6 Å². The third kappa shape index (κ3) is 6.13. The van der Waals surface area contributed by atoms with E-state index in [1.165, 1.54) is 34.6 Å². The van der Waals surface area contributed by atoms with E-state index in [-0.39, 0.29) is 21.0 Å². The molecule has 0 bridgehead atoms. The van der Waals surface area contributed by atoms with Crippen LogP contribution >= 0.6 is 0 Å². The van der Waals surface area contributed by atoms with Crippen molar-refractivity contribution in [1.29, 1.82) is 0 Å². The van der Waals surface area contributed by atoms with Gasteiger partial charge in [-0.15, -0.1) is 0 Å². The molecule has 36 heavy (non-hydrogen) atoms. The standard InChI is InChI=1S/C26H29N3O5S2/c1-20-9-13-24(14-10-20)35(31,32)28-23-8-6-7-21(19-23)26(30)27-22-11-15-25(16-12-22)36(33,34)29-17-4-2-3-5-18-29/h6-16,19,28H,2-5,17-18H2,1H3,(H,27,30). The second kappa shape index (κ2) is 10.8. The average molecular weight is 528 g/mol. The highest BCUT2D eigenvalue weighted by Crippen LogP contribution is 2.23. The third-order valence-corrected chi connectivity index (χ3v) is 9.33. The van der Waals surface area contributed by atoms with Crippen molar-refractivity contribution < 1.29 is 21.6 Å². The number of rotatable bonds is 7. The minimum atomic E-state index is -3.80. The van der Waals surface area contributed by atoms with E-state index in [0.29, 0.717) is 18.8 Å². The van der Waals surface area contributed by atoms with Crippen LogP contribution in [-0.4, -0.2) is 40.1 Å².